The third-order valence-corrected chi connectivity index (χ3v) is 5.97. The van der Waals surface area contributed by atoms with Gasteiger partial charge in [-0.05, 0) is 41.8 Å². The molecule has 1 heterocycles. The molecule has 4 rings (SSSR count). The summed E-state index contributed by atoms with van der Waals surface area (Å²) in [5, 5.41) is 0.392. The molecule has 0 saturated heterocycles. The molecule has 6 heteroatoms. The van der Waals surface area contributed by atoms with Crippen LogP contribution in [-0.2, 0) is 11.3 Å². The Labute approximate surface area is 198 Å². The monoisotopic (exact) mass is 461 g/mol. The standard InChI is InChI=1S/C27H24ClNO4/c1-32-20-14-18(15-21(16-20)33-2)17-29-25(30)13-12-23(26(29)19-8-4-3-5-9-19)27(31)22-10-6-7-11-24(22)28/h3-11,14-16H,12-13,17H2,1-2H3. The number of allylic oxidation sites excluding steroid dienone is 1. The van der Waals surface area contributed by atoms with Crippen LogP contribution in [0.2, 0.25) is 5.02 Å². The van der Waals surface area contributed by atoms with Crippen molar-refractivity contribution >= 4 is 29.0 Å². The lowest BCUT2D eigenvalue weighted by molar-refractivity contribution is -0.128. The normalized spacial score (nSPS) is 13.8. The summed E-state index contributed by atoms with van der Waals surface area (Å²) in [5.74, 6) is 1.05. The van der Waals surface area contributed by atoms with Crippen LogP contribution in [0.5, 0.6) is 11.5 Å². The second kappa shape index (κ2) is 9.92. The summed E-state index contributed by atoms with van der Waals surface area (Å²) < 4.78 is 10.8. The van der Waals surface area contributed by atoms with Crippen molar-refractivity contribution in [3.8, 4) is 11.5 Å². The molecular formula is C27H24ClNO4. The van der Waals surface area contributed by atoms with Gasteiger partial charge in [-0.1, -0.05) is 54.1 Å². The van der Waals surface area contributed by atoms with Crippen molar-refractivity contribution in [1.29, 1.82) is 0 Å². The van der Waals surface area contributed by atoms with Gasteiger partial charge < -0.3 is 14.4 Å². The van der Waals surface area contributed by atoms with E-state index in [-0.39, 0.29) is 24.7 Å². The molecule has 168 valence electrons. The zero-order valence-electron chi connectivity index (χ0n) is 18.5. The van der Waals surface area contributed by atoms with E-state index in [0.29, 0.717) is 39.8 Å². The highest BCUT2D eigenvalue weighted by atomic mass is 35.5. The molecule has 0 bridgehead atoms. The summed E-state index contributed by atoms with van der Waals surface area (Å²) in [4.78, 5) is 28.4. The number of ether oxygens (including phenoxy) is 2. The number of amides is 1. The van der Waals surface area contributed by atoms with Crippen LogP contribution in [-0.4, -0.2) is 30.8 Å². The van der Waals surface area contributed by atoms with Gasteiger partial charge in [0.05, 0.1) is 31.5 Å². The smallest absolute Gasteiger partial charge is 0.227 e. The van der Waals surface area contributed by atoms with Gasteiger partial charge in [0.15, 0.2) is 5.78 Å². The maximum Gasteiger partial charge on any atom is 0.227 e. The molecule has 5 nitrogen and oxygen atoms in total. The largest absolute Gasteiger partial charge is 0.497 e. The number of hydrogen-bond acceptors (Lipinski definition) is 4. The van der Waals surface area contributed by atoms with Crippen LogP contribution in [0.25, 0.3) is 5.70 Å². The molecule has 0 aliphatic carbocycles. The number of hydrogen-bond donors (Lipinski definition) is 0. The van der Waals surface area contributed by atoms with Crippen molar-refractivity contribution in [2.24, 2.45) is 0 Å². The van der Waals surface area contributed by atoms with Crippen molar-refractivity contribution < 1.29 is 19.1 Å². The molecule has 1 amide bonds. The number of carbonyl (C=O) groups excluding carboxylic acids is 2. The first-order valence-electron chi connectivity index (χ1n) is 10.6. The molecule has 0 radical (unpaired) electrons. The SMILES string of the molecule is COc1cc(CN2C(=O)CCC(C(=O)c3ccccc3Cl)=C2c2ccccc2)cc(OC)c1. The second-order valence-corrected chi connectivity index (χ2v) is 8.11. The fourth-order valence-electron chi connectivity index (χ4n) is 4.04. The van der Waals surface area contributed by atoms with E-state index in [2.05, 4.69) is 0 Å². The first kappa shape index (κ1) is 22.6. The Balaban J connectivity index is 1.84. The summed E-state index contributed by atoms with van der Waals surface area (Å²) in [5.41, 5.74) is 3.25. The van der Waals surface area contributed by atoms with Crippen LogP contribution in [0.1, 0.15) is 34.3 Å². The van der Waals surface area contributed by atoms with Crippen LogP contribution in [0, 0.1) is 0 Å². The lowest BCUT2D eigenvalue weighted by Gasteiger charge is -2.32. The fourth-order valence-corrected chi connectivity index (χ4v) is 4.26. The Hall–Kier alpha value is -3.57. The van der Waals surface area contributed by atoms with Gasteiger partial charge in [-0.25, -0.2) is 0 Å². The average Bonchev–Trinajstić information content (AvgIpc) is 2.85. The number of carbonyl (C=O) groups is 2. The fraction of sp³-hybridized carbons (Fsp3) is 0.185. The Morgan fingerprint density at radius 3 is 2.18 bits per heavy atom. The number of halogens is 1. The highest BCUT2D eigenvalue weighted by molar-refractivity contribution is 6.35. The highest BCUT2D eigenvalue weighted by Crippen LogP contribution is 2.36. The van der Waals surface area contributed by atoms with Gasteiger partial charge in [-0.2, -0.15) is 0 Å². The number of benzene rings is 3. The van der Waals surface area contributed by atoms with E-state index < -0.39 is 0 Å². The molecule has 0 aromatic heterocycles. The number of ketones is 1. The van der Waals surface area contributed by atoms with Crippen LogP contribution in [0.15, 0.2) is 78.4 Å². The van der Waals surface area contributed by atoms with Crippen molar-refractivity contribution in [3.63, 3.8) is 0 Å². The van der Waals surface area contributed by atoms with E-state index in [9.17, 15) is 9.59 Å². The molecule has 0 saturated carbocycles. The van der Waals surface area contributed by atoms with Crippen LogP contribution < -0.4 is 9.47 Å². The van der Waals surface area contributed by atoms with Crippen molar-refractivity contribution in [2.75, 3.05) is 14.2 Å². The topological polar surface area (TPSA) is 55.8 Å². The Kier molecular flexibility index (Phi) is 6.80. The predicted octanol–water partition coefficient (Wildman–Crippen LogP) is 5.77. The van der Waals surface area contributed by atoms with Gasteiger partial charge in [-0.15, -0.1) is 0 Å². The quantitative estimate of drug-likeness (QED) is 0.419. The van der Waals surface area contributed by atoms with E-state index in [1.165, 1.54) is 0 Å². The molecule has 1 aliphatic heterocycles. The van der Waals surface area contributed by atoms with Gasteiger partial charge in [-0.3, -0.25) is 9.59 Å². The minimum Gasteiger partial charge on any atom is -0.497 e. The summed E-state index contributed by atoms with van der Waals surface area (Å²) in [6.07, 6.45) is 0.591. The molecule has 0 atom stereocenters. The zero-order chi connectivity index (χ0) is 23.4. The summed E-state index contributed by atoms with van der Waals surface area (Å²) in [7, 11) is 3.17. The lowest BCUT2D eigenvalue weighted by atomic mass is 9.90. The summed E-state index contributed by atoms with van der Waals surface area (Å²) in [6, 6.07) is 22.0. The molecule has 3 aromatic carbocycles. The van der Waals surface area contributed by atoms with Gasteiger partial charge >= 0.3 is 0 Å². The van der Waals surface area contributed by atoms with Gasteiger partial charge in [0.1, 0.15) is 11.5 Å². The van der Waals surface area contributed by atoms with Gasteiger partial charge in [0.25, 0.3) is 0 Å². The van der Waals surface area contributed by atoms with Crippen molar-refractivity contribution in [1.82, 2.24) is 4.90 Å². The van der Waals surface area contributed by atoms with Crippen molar-refractivity contribution in [3.05, 3.63) is 100 Å². The zero-order valence-corrected chi connectivity index (χ0v) is 19.3. The number of methoxy groups -OCH3 is 2. The molecule has 0 N–H and O–H groups in total. The maximum absolute atomic E-state index is 13.6. The van der Waals surface area contributed by atoms with E-state index in [1.54, 1.807) is 49.5 Å². The maximum atomic E-state index is 13.6. The van der Waals surface area contributed by atoms with E-state index in [4.69, 9.17) is 21.1 Å². The van der Waals surface area contributed by atoms with E-state index in [0.717, 1.165) is 11.1 Å². The lowest BCUT2D eigenvalue weighted by Crippen LogP contribution is -2.34. The van der Waals surface area contributed by atoms with Crippen LogP contribution >= 0.6 is 11.6 Å². The van der Waals surface area contributed by atoms with E-state index in [1.807, 2.05) is 42.5 Å². The molecular weight excluding hydrogens is 438 g/mol. The third-order valence-electron chi connectivity index (χ3n) is 5.64. The molecule has 0 fully saturated rings. The molecule has 33 heavy (non-hydrogen) atoms. The molecule has 0 spiro atoms. The number of nitrogens with zero attached hydrogens (tertiary/aromatic N) is 1. The van der Waals surface area contributed by atoms with Crippen LogP contribution in [0.3, 0.4) is 0 Å². The first-order chi connectivity index (χ1) is 16.0. The summed E-state index contributed by atoms with van der Waals surface area (Å²) >= 11 is 6.34. The Morgan fingerprint density at radius 2 is 1.55 bits per heavy atom. The highest BCUT2D eigenvalue weighted by Gasteiger charge is 2.32. The Bertz CT molecular complexity index is 1200. The number of rotatable bonds is 7. The van der Waals surface area contributed by atoms with Gasteiger partial charge in [0, 0.05) is 23.6 Å². The minimum absolute atomic E-state index is 0.0497. The summed E-state index contributed by atoms with van der Waals surface area (Å²) in [6.45, 7) is 0.274. The van der Waals surface area contributed by atoms with Crippen LogP contribution in [0.4, 0.5) is 0 Å². The minimum atomic E-state index is -0.167. The third kappa shape index (κ3) is 4.78. The number of Topliss-reactive ketones (excluding diaryl/α,β-unsaturated/α-hetero) is 1. The molecule has 0 unspecified atom stereocenters. The average molecular weight is 462 g/mol. The van der Waals surface area contributed by atoms with Gasteiger partial charge in [0.2, 0.25) is 5.91 Å². The van der Waals surface area contributed by atoms with Crippen molar-refractivity contribution in [2.45, 2.75) is 19.4 Å². The second-order valence-electron chi connectivity index (χ2n) is 7.70. The molecule has 1 aliphatic rings. The van der Waals surface area contributed by atoms with E-state index >= 15 is 0 Å². The first-order valence-corrected chi connectivity index (χ1v) is 11.0. The molecule has 3 aromatic rings. The predicted molar refractivity (Wildman–Crippen MR) is 128 cm³/mol. The Morgan fingerprint density at radius 1 is 0.909 bits per heavy atom.